The third-order valence-corrected chi connectivity index (χ3v) is 4.05. The van der Waals surface area contributed by atoms with Gasteiger partial charge in [-0.25, -0.2) is 9.78 Å². The molecule has 1 aromatic carbocycles. The zero-order valence-electron chi connectivity index (χ0n) is 13.6. The van der Waals surface area contributed by atoms with Crippen molar-refractivity contribution >= 4 is 28.3 Å². The van der Waals surface area contributed by atoms with Crippen LogP contribution in [0.15, 0.2) is 29.6 Å². The molecule has 0 spiro atoms. The molecule has 6 nitrogen and oxygen atoms in total. The lowest BCUT2D eigenvalue weighted by Gasteiger charge is -2.14. The predicted octanol–water partition coefficient (Wildman–Crippen LogP) is 3.47. The quantitative estimate of drug-likeness (QED) is 0.698. The second-order valence-corrected chi connectivity index (χ2v) is 5.67. The summed E-state index contributed by atoms with van der Waals surface area (Å²) in [4.78, 5) is 29.3. The van der Waals surface area contributed by atoms with E-state index in [0.29, 0.717) is 17.4 Å². The van der Waals surface area contributed by atoms with Crippen LogP contribution in [0.25, 0.3) is 0 Å². The summed E-state index contributed by atoms with van der Waals surface area (Å²) in [5.41, 5.74) is 0.359. The van der Waals surface area contributed by atoms with E-state index in [2.05, 4.69) is 9.72 Å². The van der Waals surface area contributed by atoms with Crippen LogP contribution in [0.4, 0.5) is 13.9 Å². The summed E-state index contributed by atoms with van der Waals surface area (Å²) in [6.07, 6.45) is 0. The minimum absolute atomic E-state index is 0.0998. The van der Waals surface area contributed by atoms with Gasteiger partial charge in [0.1, 0.15) is 17.9 Å². The fourth-order valence-corrected chi connectivity index (χ4v) is 2.95. The Hall–Kier alpha value is -2.55. The molecule has 0 saturated carbocycles. The summed E-state index contributed by atoms with van der Waals surface area (Å²) in [5, 5.41) is 2.16. The molecular weight excluding hydrogens is 354 g/mol. The highest BCUT2D eigenvalue weighted by Crippen LogP contribution is 2.23. The van der Waals surface area contributed by atoms with Crippen LogP contribution in [0.3, 0.4) is 0 Å². The van der Waals surface area contributed by atoms with E-state index >= 15 is 0 Å². The normalized spacial score (nSPS) is 10.6. The average molecular weight is 370 g/mol. The van der Waals surface area contributed by atoms with Gasteiger partial charge in [0, 0.05) is 18.8 Å². The van der Waals surface area contributed by atoms with Crippen LogP contribution in [-0.4, -0.2) is 30.0 Å². The highest BCUT2D eigenvalue weighted by atomic mass is 32.1. The van der Waals surface area contributed by atoms with Gasteiger partial charge in [0.25, 0.3) is 0 Å². The Bertz CT molecular complexity index is 751. The number of amides is 1. The third kappa shape index (κ3) is 4.96. The number of rotatable bonds is 7. The Kier molecular flexibility index (Phi) is 6.40. The SMILES string of the molecule is CCN(C(C)=O)c1nc(COC(=O)c2ccccc2OC(F)F)cs1. The van der Waals surface area contributed by atoms with Crippen molar-refractivity contribution in [2.24, 2.45) is 0 Å². The molecule has 0 bridgehead atoms. The third-order valence-electron chi connectivity index (χ3n) is 3.14. The molecule has 134 valence electrons. The molecule has 1 aromatic heterocycles. The van der Waals surface area contributed by atoms with E-state index in [1.807, 2.05) is 6.92 Å². The molecule has 0 fully saturated rings. The van der Waals surface area contributed by atoms with Crippen molar-refractivity contribution in [1.82, 2.24) is 4.98 Å². The van der Waals surface area contributed by atoms with Gasteiger partial charge in [-0.2, -0.15) is 8.78 Å². The topological polar surface area (TPSA) is 68.7 Å². The maximum absolute atomic E-state index is 12.4. The number of halogens is 2. The molecule has 9 heteroatoms. The molecule has 1 heterocycles. The second-order valence-electron chi connectivity index (χ2n) is 4.84. The van der Waals surface area contributed by atoms with Crippen molar-refractivity contribution in [2.45, 2.75) is 27.1 Å². The molecule has 2 rings (SSSR count). The van der Waals surface area contributed by atoms with E-state index in [4.69, 9.17) is 4.74 Å². The molecule has 0 aliphatic heterocycles. The van der Waals surface area contributed by atoms with E-state index in [9.17, 15) is 18.4 Å². The number of hydrogen-bond acceptors (Lipinski definition) is 6. The van der Waals surface area contributed by atoms with Crippen molar-refractivity contribution < 1.29 is 27.8 Å². The first-order valence-corrected chi connectivity index (χ1v) is 8.23. The van der Waals surface area contributed by atoms with Gasteiger partial charge in [0.15, 0.2) is 5.13 Å². The van der Waals surface area contributed by atoms with Crippen LogP contribution in [0, 0.1) is 0 Å². The number of alkyl halides is 2. The van der Waals surface area contributed by atoms with Crippen molar-refractivity contribution in [3.8, 4) is 5.75 Å². The van der Waals surface area contributed by atoms with Crippen LogP contribution < -0.4 is 9.64 Å². The molecular formula is C16H16F2N2O4S. The molecule has 1 amide bonds. The maximum atomic E-state index is 12.4. The smallest absolute Gasteiger partial charge is 0.387 e. The zero-order valence-corrected chi connectivity index (χ0v) is 14.4. The number of carbonyl (C=O) groups is 2. The van der Waals surface area contributed by atoms with E-state index in [1.165, 1.54) is 47.4 Å². The number of carbonyl (C=O) groups excluding carboxylic acids is 2. The van der Waals surface area contributed by atoms with Gasteiger partial charge in [-0.1, -0.05) is 12.1 Å². The summed E-state index contributed by atoms with van der Waals surface area (Å²) in [6, 6.07) is 5.58. The predicted molar refractivity (Wildman–Crippen MR) is 88.0 cm³/mol. The maximum Gasteiger partial charge on any atom is 0.387 e. The van der Waals surface area contributed by atoms with E-state index < -0.39 is 12.6 Å². The fraction of sp³-hybridized carbons (Fsp3) is 0.312. The number of anilines is 1. The van der Waals surface area contributed by atoms with Crippen LogP contribution in [-0.2, 0) is 16.1 Å². The highest BCUT2D eigenvalue weighted by molar-refractivity contribution is 7.14. The first-order chi connectivity index (χ1) is 11.9. The van der Waals surface area contributed by atoms with Gasteiger partial charge in [-0.15, -0.1) is 11.3 Å². The average Bonchev–Trinajstić information content (AvgIpc) is 3.01. The molecule has 0 saturated heterocycles. The van der Waals surface area contributed by atoms with Crippen molar-refractivity contribution in [3.05, 3.63) is 40.9 Å². The molecule has 0 N–H and O–H groups in total. The van der Waals surface area contributed by atoms with Gasteiger partial charge in [-0.05, 0) is 19.1 Å². The second kappa shape index (κ2) is 8.52. The largest absolute Gasteiger partial charge is 0.455 e. The van der Waals surface area contributed by atoms with Gasteiger partial charge in [0.2, 0.25) is 5.91 Å². The van der Waals surface area contributed by atoms with E-state index in [0.717, 1.165) is 0 Å². The number of esters is 1. The highest BCUT2D eigenvalue weighted by Gasteiger charge is 2.18. The van der Waals surface area contributed by atoms with Crippen LogP contribution in [0.5, 0.6) is 5.75 Å². The van der Waals surface area contributed by atoms with Crippen molar-refractivity contribution in [2.75, 3.05) is 11.4 Å². The standard InChI is InChI=1S/C16H16F2N2O4S/c1-3-20(10(2)21)16-19-11(9-25-16)8-23-14(22)12-6-4-5-7-13(12)24-15(17)18/h4-7,9,15H,3,8H2,1-2H3. The first-order valence-electron chi connectivity index (χ1n) is 7.35. The van der Waals surface area contributed by atoms with E-state index in [-0.39, 0.29) is 23.8 Å². The molecule has 0 atom stereocenters. The Labute approximate surface area is 147 Å². The Morgan fingerprint density at radius 3 is 2.68 bits per heavy atom. The molecule has 0 aliphatic carbocycles. The number of hydrogen-bond donors (Lipinski definition) is 0. The molecule has 0 aliphatic rings. The first kappa shape index (κ1) is 18.8. The lowest BCUT2D eigenvalue weighted by Crippen LogP contribution is -2.27. The summed E-state index contributed by atoms with van der Waals surface area (Å²) < 4.78 is 34.2. The van der Waals surface area contributed by atoms with Crippen molar-refractivity contribution in [3.63, 3.8) is 0 Å². The lowest BCUT2D eigenvalue weighted by atomic mass is 10.2. The van der Waals surface area contributed by atoms with Crippen LogP contribution in [0.1, 0.15) is 29.9 Å². The minimum Gasteiger partial charge on any atom is -0.455 e. The van der Waals surface area contributed by atoms with E-state index in [1.54, 1.807) is 5.38 Å². The summed E-state index contributed by atoms with van der Waals surface area (Å²) in [6.45, 7) is 0.544. The van der Waals surface area contributed by atoms with Crippen LogP contribution in [0.2, 0.25) is 0 Å². The van der Waals surface area contributed by atoms with Crippen molar-refractivity contribution in [1.29, 1.82) is 0 Å². The minimum atomic E-state index is -3.04. The summed E-state index contributed by atoms with van der Waals surface area (Å²) >= 11 is 1.25. The zero-order chi connectivity index (χ0) is 18.4. The molecule has 2 aromatic rings. The molecule has 0 radical (unpaired) electrons. The van der Waals surface area contributed by atoms with Gasteiger partial charge >= 0.3 is 12.6 Å². The number of ether oxygens (including phenoxy) is 2. The Morgan fingerprint density at radius 1 is 1.32 bits per heavy atom. The van der Waals surface area contributed by atoms with Gasteiger partial charge in [-0.3, -0.25) is 9.69 Å². The molecule has 25 heavy (non-hydrogen) atoms. The number of thiazole rings is 1. The summed E-state index contributed by atoms with van der Waals surface area (Å²) in [5.74, 6) is -1.20. The number of benzene rings is 1. The summed E-state index contributed by atoms with van der Waals surface area (Å²) in [7, 11) is 0. The van der Waals surface area contributed by atoms with Gasteiger partial charge in [0.05, 0.1) is 5.69 Å². The number of para-hydroxylation sites is 1. The molecule has 0 unspecified atom stereocenters. The fourth-order valence-electron chi connectivity index (χ4n) is 2.03. The monoisotopic (exact) mass is 370 g/mol. The Morgan fingerprint density at radius 2 is 2.04 bits per heavy atom. The number of nitrogens with zero attached hydrogens (tertiary/aromatic N) is 2. The Balaban J connectivity index is 2.04. The lowest BCUT2D eigenvalue weighted by molar-refractivity contribution is -0.116. The number of aromatic nitrogens is 1. The van der Waals surface area contributed by atoms with Crippen LogP contribution >= 0.6 is 11.3 Å². The van der Waals surface area contributed by atoms with Gasteiger partial charge < -0.3 is 9.47 Å².